The van der Waals surface area contributed by atoms with Crippen molar-refractivity contribution in [3.05, 3.63) is 65.7 Å². The summed E-state index contributed by atoms with van der Waals surface area (Å²) in [5.41, 5.74) is -3.26. The average molecular weight is 569 g/mol. The van der Waals surface area contributed by atoms with E-state index in [4.69, 9.17) is 18.5 Å². The summed E-state index contributed by atoms with van der Waals surface area (Å²) >= 11 is 0. The van der Waals surface area contributed by atoms with Crippen LogP contribution in [0.2, 0.25) is 0 Å². The lowest BCUT2D eigenvalue weighted by Gasteiger charge is -2.25. The highest BCUT2D eigenvalue weighted by Crippen LogP contribution is 2.47. The number of aliphatic hydroxyl groups excluding tert-OH is 1. The number of alkyl halides is 1. The number of hydrogen-bond donors (Lipinski definition) is 3. The maximum Gasteiger partial charge on any atom is 0.459 e. The third-order valence-electron chi connectivity index (χ3n) is 5.66. The van der Waals surface area contributed by atoms with E-state index in [0.29, 0.717) is 6.54 Å². The van der Waals surface area contributed by atoms with Crippen molar-refractivity contribution in [1.82, 2.24) is 14.6 Å². The predicted octanol–water partition coefficient (Wildman–Crippen LogP) is 2.96. The monoisotopic (exact) mass is 568 g/mol. The molecule has 39 heavy (non-hydrogen) atoms. The van der Waals surface area contributed by atoms with Gasteiger partial charge in [-0.2, -0.15) is 10.1 Å². The zero-order chi connectivity index (χ0) is 28.8. The Morgan fingerprint density at radius 1 is 1.33 bits per heavy atom. The number of anilines is 1. The van der Waals surface area contributed by atoms with Crippen molar-refractivity contribution in [2.45, 2.75) is 63.9 Å². The third-order valence-corrected chi connectivity index (χ3v) is 7.31. The van der Waals surface area contributed by atoms with Gasteiger partial charge in [-0.1, -0.05) is 24.3 Å². The van der Waals surface area contributed by atoms with Crippen LogP contribution in [0.1, 0.15) is 33.9 Å². The molecule has 1 saturated heterocycles. The highest BCUT2D eigenvalue weighted by molar-refractivity contribution is 7.52. The van der Waals surface area contributed by atoms with Crippen molar-refractivity contribution in [3.8, 4) is 5.75 Å². The number of nitrogens with one attached hydrogen (secondary N) is 2. The van der Waals surface area contributed by atoms with Gasteiger partial charge in [-0.25, -0.2) is 13.8 Å². The molecule has 0 saturated carbocycles. The Morgan fingerprint density at radius 2 is 2.03 bits per heavy atom. The molecule has 0 bridgehead atoms. The minimum atomic E-state index is -4.30. The van der Waals surface area contributed by atoms with Crippen LogP contribution in [0, 0.1) is 0 Å². The number of nitrogens with zero attached hydrogens (tertiary/aromatic N) is 2. The van der Waals surface area contributed by atoms with Gasteiger partial charge in [0.1, 0.15) is 29.8 Å². The Kier molecular flexibility index (Phi) is 10.0. The number of aliphatic hydroxyl groups is 1. The molecule has 0 spiro atoms. The summed E-state index contributed by atoms with van der Waals surface area (Å²) in [5.74, 6) is -0.274. The second-order valence-corrected chi connectivity index (χ2v) is 11.0. The molecule has 3 N–H and O–H groups in total. The Morgan fingerprint density at radius 3 is 2.64 bits per heavy atom. The lowest BCUT2D eigenvalue weighted by Crippen LogP contribution is -2.43. The molecular weight excluding hydrogens is 534 g/mol. The van der Waals surface area contributed by atoms with Gasteiger partial charge in [0.05, 0.1) is 12.7 Å². The van der Waals surface area contributed by atoms with Gasteiger partial charge in [-0.15, -0.1) is 6.58 Å². The number of para-hydroxylation sites is 1. The molecule has 12 nitrogen and oxygen atoms in total. The van der Waals surface area contributed by atoms with Crippen molar-refractivity contribution in [1.29, 1.82) is 0 Å². The van der Waals surface area contributed by atoms with Gasteiger partial charge in [0, 0.05) is 12.7 Å². The van der Waals surface area contributed by atoms with Crippen molar-refractivity contribution in [2.24, 2.45) is 0 Å². The maximum absolute atomic E-state index is 15.7. The van der Waals surface area contributed by atoms with Crippen LogP contribution in [0.15, 0.2) is 60.0 Å². The Balaban J connectivity index is 1.78. The molecule has 1 aromatic heterocycles. The predicted molar refractivity (Wildman–Crippen MR) is 141 cm³/mol. The van der Waals surface area contributed by atoms with Crippen LogP contribution in [-0.4, -0.2) is 63.8 Å². The number of aromatic nitrogens is 2. The van der Waals surface area contributed by atoms with Crippen LogP contribution in [0.25, 0.3) is 0 Å². The molecular formula is C25H34FN4O8P. The molecule has 6 atom stereocenters. The molecule has 1 aliphatic heterocycles. The number of carbonyl (C=O) groups is 1. The van der Waals surface area contributed by atoms with Crippen molar-refractivity contribution >= 4 is 19.5 Å². The van der Waals surface area contributed by atoms with Crippen LogP contribution in [0.4, 0.5) is 10.2 Å². The molecule has 0 aliphatic carbocycles. The van der Waals surface area contributed by atoms with Crippen molar-refractivity contribution in [3.63, 3.8) is 0 Å². The van der Waals surface area contributed by atoms with Crippen LogP contribution in [0.5, 0.6) is 5.75 Å². The van der Waals surface area contributed by atoms with E-state index in [1.807, 2.05) is 0 Å². The van der Waals surface area contributed by atoms with Gasteiger partial charge in [0.25, 0.3) is 0 Å². The highest BCUT2D eigenvalue weighted by atomic mass is 31.2. The lowest BCUT2D eigenvalue weighted by atomic mass is 9.98. The van der Waals surface area contributed by atoms with Gasteiger partial charge in [0.15, 0.2) is 11.9 Å². The largest absolute Gasteiger partial charge is 0.462 e. The first-order valence-corrected chi connectivity index (χ1v) is 13.8. The number of ether oxygens (including phenoxy) is 2. The minimum Gasteiger partial charge on any atom is -0.462 e. The number of carbonyl (C=O) groups excluding carboxylic acids is 1. The van der Waals surface area contributed by atoms with E-state index in [1.165, 1.54) is 31.3 Å². The van der Waals surface area contributed by atoms with Crippen LogP contribution in [-0.2, 0) is 23.4 Å². The number of hydrogen-bond acceptors (Lipinski definition) is 10. The average Bonchev–Trinajstić information content (AvgIpc) is 3.10. The number of benzene rings is 1. The summed E-state index contributed by atoms with van der Waals surface area (Å²) in [6.45, 7) is 9.13. The zero-order valence-electron chi connectivity index (χ0n) is 22.2. The summed E-state index contributed by atoms with van der Waals surface area (Å²) in [7, 11) is -4.30. The summed E-state index contributed by atoms with van der Waals surface area (Å²) in [4.78, 5) is 28.7. The first-order valence-electron chi connectivity index (χ1n) is 12.3. The maximum atomic E-state index is 15.7. The fourth-order valence-corrected chi connectivity index (χ4v) is 5.22. The second-order valence-electron chi connectivity index (χ2n) is 9.33. The first kappa shape index (κ1) is 30.5. The fourth-order valence-electron chi connectivity index (χ4n) is 3.72. The molecule has 1 aromatic carbocycles. The first-order chi connectivity index (χ1) is 18.4. The molecule has 2 heterocycles. The van der Waals surface area contributed by atoms with E-state index in [-0.39, 0.29) is 11.6 Å². The van der Waals surface area contributed by atoms with E-state index in [2.05, 4.69) is 22.0 Å². The smallest absolute Gasteiger partial charge is 0.459 e. The molecule has 14 heteroatoms. The van der Waals surface area contributed by atoms with E-state index < -0.39 is 62.3 Å². The van der Waals surface area contributed by atoms with Gasteiger partial charge in [-0.05, 0) is 45.9 Å². The Hall–Kier alpha value is -3.09. The lowest BCUT2D eigenvalue weighted by molar-refractivity contribution is -0.149. The zero-order valence-corrected chi connectivity index (χ0v) is 23.0. The molecule has 1 aliphatic rings. The van der Waals surface area contributed by atoms with Gasteiger partial charge in [-0.3, -0.25) is 13.9 Å². The molecule has 3 rings (SSSR count). The molecule has 0 radical (unpaired) electrons. The normalized spacial score (nSPS) is 25.1. The van der Waals surface area contributed by atoms with Gasteiger partial charge in [0.2, 0.25) is 0 Å². The second kappa shape index (κ2) is 12.8. The van der Waals surface area contributed by atoms with Crippen LogP contribution in [0.3, 0.4) is 0 Å². The summed E-state index contributed by atoms with van der Waals surface area (Å²) in [6.07, 6.45) is -2.24. The van der Waals surface area contributed by atoms with Crippen LogP contribution >= 0.6 is 7.75 Å². The Labute approximate surface area is 225 Å². The topological polar surface area (TPSA) is 150 Å². The summed E-state index contributed by atoms with van der Waals surface area (Å²) in [5, 5.41) is 16.1. The molecule has 1 fully saturated rings. The van der Waals surface area contributed by atoms with Crippen LogP contribution < -0.4 is 20.6 Å². The molecule has 2 aromatic rings. The van der Waals surface area contributed by atoms with E-state index in [1.54, 1.807) is 38.1 Å². The SMILES string of the molecule is C=CCNc1ccn([C@@H]2O[C@H](CO[P@@](=O)(N[C@@H](C)C(=O)OC(C)C)Oc3ccccc3)[C@@H](O)[C@@]2(C)F)c(=O)n1. The summed E-state index contributed by atoms with van der Waals surface area (Å²) in [6, 6.07) is 8.40. The minimum absolute atomic E-state index is 0.168. The fraction of sp³-hybridized carbons (Fsp3) is 0.480. The molecule has 0 amide bonds. The summed E-state index contributed by atoms with van der Waals surface area (Å²) < 4.78 is 52.1. The number of esters is 1. The highest BCUT2D eigenvalue weighted by Gasteiger charge is 2.56. The van der Waals surface area contributed by atoms with E-state index in [9.17, 15) is 19.3 Å². The standard InChI is InChI=1S/C25H34FN4O8P/c1-6-13-27-20-12-14-30(24(33)28-20)23-25(5,26)21(31)19(37-23)15-35-39(34,38-18-10-8-7-9-11-18)29-17(4)22(32)36-16(2)3/h6-12,14,16-17,19,21,23,31H,1,13,15H2,2-5H3,(H,29,34)(H,27,28,33)/t17-,19+,21+,23+,25+,39-/m0/s1. The quantitative estimate of drug-likeness (QED) is 0.186. The van der Waals surface area contributed by atoms with Crippen molar-refractivity contribution in [2.75, 3.05) is 18.5 Å². The van der Waals surface area contributed by atoms with E-state index >= 15 is 4.39 Å². The van der Waals surface area contributed by atoms with Crippen molar-refractivity contribution < 1.29 is 37.4 Å². The number of rotatable bonds is 13. The third kappa shape index (κ3) is 7.74. The van der Waals surface area contributed by atoms with Gasteiger partial charge < -0.3 is 24.4 Å². The number of halogens is 1. The molecule has 0 unspecified atom stereocenters. The van der Waals surface area contributed by atoms with E-state index in [0.717, 1.165) is 11.5 Å². The Bertz CT molecular complexity index is 1240. The molecule has 214 valence electrons. The van der Waals surface area contributed by atoms with Gasteiger partial charge >= 0.3 is 19.4 Å².